The third kappa shape index (κ3) is 6.22. The lowest BCUT2D eigenvalue weighted by Crippen LogP contribution is -2.47. The topological polar surface area (TPSA) is 250 Å². The summed E-state index contributed by atoms with van der Waals surface area (Å²) in [6, 6.07) is 1.03. The van der Waals surface area contributed by atoms with Gasteiger partial charge in [-0.3, -0.25) is 9.09 Å². The highest BCUT2D eigenvalue weighted by Crippen LogP contribution is 2.66. The van der Waals surface area contributed by atoms with E-state index in [1.807, 2.05) is 0 Å². The Morgan fingerprint density at radius 2 is 1.81 bits per heavy atom. The number of phosphoric ester groups is 1. The minimum atomic E-state index is -5.90. The SMILES string of the molecule is C[C@]1(F)[C@H](n2ccc(N)nc2=O)O[C@](F)(COP(=O)(O)OP(=O)(O)OP(=O)(O)O)[C@H]1O. The molecule has 16 nitrogen and oxygen atoms in total. The molecule has 0 saturated carbocycles. The summed E-state index contributed by atoms with van der Waals surface area (Å²) in [5.74, 6) is -3.89. The summed E-state index contributed by atoms with van der Waals surface area (Å²) in [6.45, 7) is -1.19. The van der Waals surface area contributed by atoms with E-state index >= 15 is 4.39 Å². The number of nitrogen functional groups attached to an aromatic ring is 1. The van der Waals surface area contributed by atoms with Crippen molar-refractivity contribution in [3.8, 4) is 0 Å². The molecule has 1 aliphatic rings. The number of hydrogen-bond acceptors (Lipinski definition) is 11. The number of aliphatic hydroxyl groups excluding tert-OH is 1. The molecule has 31 heavy (non-hydrogen) atoms. The number of aromatic nitrogens is 2. The van der Waals surface area contributed by atoms with Gasteiger partial charge in [-0.05, 0) is 13.0 Å². The van der Waals surface area contributed by atoms with E-state index in [4.69, 9.17) is 20.4 Å². The first-order chi connectivity index (χ1) is 13.8. The van der Waals surface area contributed by atoms with E-state index in [2.05, 4.69) is 22.9 Å². The van der Waals surface area contributed by atoms with Crippen LogP contribution in [0.15, 0.2) is 17.1 Å². The van der Waals surface area contributed by atoms with Crippen molar-refractivity contribution in [1.82, 2.24) is 9.55 Å². The van der Waals surface area contributed by atoms with Gasteiger partial charge in [0.1, 0.15) is 12.4 Å². The highest BCUT2D eigenvalue weighted by atomic mass is 31.3. The highest BCUT2D eigenvalue weighted by molar-refractivity contribution is 7.66. The van der Waals surface area contributed by atoms with Crippen LogP contribution in [0.5, 0.6) is 0 Å². The zero-order valence-corrected chi connectivity index (χ0v) is 17.8. The van der Waals surface area contributed by atoms with Gasteiger partial charge in [-0.15, -0.1) is 0 Å². The molecular weight excluding hydrogens is 501 g/mol. The Morgan fingerprint density at radius 3 is 2.32 bits per heavy atom. The van der Waals surface area contributed by atoms with Crippen molar-refractivity contribution < 1.29 is 65.0 Å². The van der Waals surface area contributed by atoms with Crippen LogP contribution in [0.1, 0.15) is 13.2 Å². The lowest BCUT2D eigenvalue weighted by molar-refractivity contribution is -0.204. The van der Waals surface area contributed by atoms with Crippen LogP contribution >= 0.6 is 23.5 Å². The largest absolute Gasteiger partial charge is 0.490 e. The molecule has 1 saturated heterocycles. The second-order valence-corrected chi connectivity index (χ2v) is 10.6. The summed E-state index contributed by atoms with van der Waals surface area (Å²) >= 11 is 0. The number of phosphoric acid groups is 3. The van der Waals surface area contributed by atoms with Crippen LogP contribution < -0.4 is 11.4 Å². The molecular formula is C10H16F2N3O13P3. The zero-order chi connectivity index (χ0) is 24.0. The molecule has 1 aromatic rings. The molecule has 1 aromatic heterocycles. The summed E-state index contributed by atoms with van der Waals surface area (Å²) in [5, 5.41) is 9.98. The highest BCUT2D eigenvalue weighted by Gasteiger charge is 2.65. The minimum Gasteiger partial charge on any atom is -0.384 e. The maximum atomic E-state index is 15.0. The van der Waals surface area contributed by atoms with E-state index in [0.29, 0.717) is 11.5 Å². The van der Waals surface area contributed by atoms with Crippen molar-refractivity contribution in [1.29, 1.82) is 0 Å². The normalized spacial score (nSPS) is 33.0. The summed E-state index contributed by atoms with van der Waals surface area (Å²) in [7, 11) is -17.4. The molecule has 7 N–H and O–H groups in total. The number of halogens is 2. The number of rotatable bonds is 8. The van der Waals surface area contributed by atoms with Crippen molar-refractivity contribution in [2.24, 2.45) is 0 Å². The Balaban J connectivity index is 2.21. The van der Waals surface area contributed by atoms with Gasteiger partial charge in [0.2, 0.25) is 0 Å². The first kappa shape index (κ1) is 26.1. The van der Waals surface area contributed by atoms with Gasteiger partial charge in [0, 0.05) is 6.20 Å². The van der Waals surface area contributed by atoms with Crippen molar-refractivity contribution >= 4 is 29.3 Å². The fraction of sp³-hybridized carbons (Fsp3) is 0.600. The second kappa shape index (κ2) is 8.33. The molecule has 0 aromatic carbocycles. The lowest BCUT2D eigenvalue weighted by atomic mass is 9.97. The fourth-order valence-electron chi connectivity index (χ4n) is 2.44. The van der Waals surface area contributed by atoms with Gasteiger partial charge in [-0.25, -0.2) is 27.3 Å². The first-order valence-electron chi connectivity index (χ1n) is 7.65. The van der Waals surface area contributed by atoms with Gasteiger partial charge in [-0.1, -0.05) is 0 Å². The van der Waals surface area contributed by atoms with Crippen LogP contribution in [-0.2, 0) is 31.6 Å². The van der Waals surface area contributed by atoms with Gasteiger partial charge in [-0.2, -0.15) is 13.6 Å². The van der Waals surface area contributed by atoms with E-state index in [-0.39, 0.29) is 5.82 Å². The molecule has 0 aliphatic carbocycles. The number of ether oxygens (including phenoxy) is 1. The monoisotopic (exact) mass is 517 g/mol. The molecule has 0 bridgehead atoms. The van der Waals surface area contributed by atoms with E-state index in [1.54, 1.807) is 0 Å². The standard InChI is InChI=1S/C10H16F2N3O13P3/c1-9(11)6(16)10(12,26-7(9)15-3-2-5(13)14-8(15)17)4-25-30(21,22)28-31(23,24)27-29(18,19)20/h2-3,6-7,16H,4H2,1H3,(H,21,22)(H,23,24)(H2,13,14,17)(H2,18,19,20)/t6-,7+,9+,10+/m0/s1. The molecule has 178 valence electrons. The number of nitrogens with two attached hydrogens (primary N) is 1. The molecule has 1 aliphatic heterocycles. The predicted molar refractivity (Wildman–Crippen MR) is 92.2 cm³/mol. The molecule has 6 atom stereocenters. The van der Waals surface area contributed by atoms with Crippen molar-refractivity contribution in [2.75, 3.05) is 12.3 Å². The Labute approximate surface area is 170 Å². The van der Waals surface area contributed by atoms with Gasteiger partial charge < -0.3 is 35.2 Å². The molecule has 1 fully saturated rings. The van der Waals surface area contributed by atoms with Crippen molar-refractivity contribution in [2.45, 2.75) is 30.8 Å². The van der Waals surface area contributed by atoms with Gasteiger partial charge in [0.25, 0.3) is 5.85 Å². The Bertz CT molecular complexity index is 1050. The fourth-order valence-corrected chi connectivity index (χ4v) is 5.47. The number of nitrogens with zero attached hydrogens (tertiary/aromatic N) is 2. The number of aliphatic hydroxyl groups is 1. The third-order valence-corrected chi connectivity index (χ3v) is 7.46. The number of hydrogen-bond donors (Lipinski definition) is 6. The second-order valence-electron chi connectivity index (χ2n) is 6.22. The molecule has 0 radical (unpaired) electrons. The Hall–Kier alpha value is -1.13. The van der Waals surface area contributed by atoms with Crippen LogP contribution in [0.3, 0.4) is 0 Å². The Morgan fingerprint density at radius 1 is 1.23 bits per heavy atom. The molecule has 2 unspecified atom stereocenters. The van der Waals surface area contributed by atoms with Crippen LogP contribution in [0.4, 0.5) is 14.6 Å². The zero-order valence-electron chi connectivity index (χ0n) is 15.1. The van der Waals surface area contributed by atoms with Gasteiger partial charge >= 0.3 is 29.2 Å². The summed E-state index contributed by atoms with van der Waals surface area (Å²) in [4.78, 5) is 50.4. The smallest absolute Gasteiger partial charge is 0.384 e. The van der Waals surface area contributed by atoms with E-state index in [0.717, 1.165) is 12.3 Å². The number of alkyl halides is 2. The number of anilines is 1. The van der Waals surface area contributed by atoms with Gasteiger partial charge in [0.15, 0.2) is 18.0 Å². The molecule has 0 amide bonds. The molecule has 21 heteroatoms. The maximum Gasteiger partial charge on any atom is 0.490 e. The third-order valence-electron chi connectivity index (χ3n) is 3.68. The average Bonchev–Trinajstić information content (AvgIpc) is 2.71. The van der Waals surface area contributed by atoms with Crippen LogP contribution in [0.2, 0.25) is 0 Å². The summed E-state index contributed by atoms with van der Waals surface area (Å²) < 4.78 is 79.5. The van der Waals surface area contributed by atoms with E-state index in [1.165, 1.54) is 0 Å². The lowest BCUT2D eigenvalue weighted by Gasteiger charge is -2.25. The minimum absolute atomic E-state index is 0.264. The molecule has 2 heterocycles. The Kier molecular flexibility index (Phi) is 7.02. The summed E-state index contributed by atoms with van der Waals surface area (Å²) in [6.07, 6.45) is -4.05. The van der Waals surface area contributed by atoms with Crippen molar-refractivity contribution in [3.05, 3.63) is 22.7 Å². The average molecular weight is 517 g/mol. The van der Waals surface area contributed by atoms with Crippen molar-refractivity contribution in [3.63, 3.8) is 0 Å². The van der Waals surface area contributed by atoms with Crippen LogP contribution in [0.25, 0.3) is 0 Å². The van der Waals surface area contributed by atoms with Crippen LogP contribution in [0, 0.1) is 0 Å². The molecule has 2 rings (SSSR count). The summed E-state index contributed by atoms with van der Waals surface area (Å²) in [5.41, 5.74) is 1.04. The van der Waals surface area contributed by atoms with E-state index in [9.17, 15) is 32.9 Å². The quantitative estimate of drug-likeness (QED) is 0.237. The first-order valence-corrected chi connectivity index (χ1v) is 12.2. The maximum absolute atomic E-state index is 15.0. The van der Waals surface area contributed by atoms with Gasteiger partial charge in [0.05, 0.1) is 0 Å². The molecule has 0 spiro atoms. The van der Waals surface area contributed by atoms with E-state index < -0.39 is 59.6 Å². The predicted octanol–water partition coefficient (Wildman–Crippen LogP) is -0.547. The van der Waals surface area contributed by atoms with Crippen LogP contribution in [-0.4, -0.2) is 58.5 Å².